The molecule has 1 fully saturated rings. The molecule has 1 atom stereocenters. The SMILES string of the molecule is O=C(O)CC1SC(=NN=Cc2ccc(Br)c(OC(F)(F)F)c2)NC1=O. The molecule has 0 aliphatic carbocycles. The molecular formula is C13H9BrF3N3O4S. The van der Waals surface area contributed by atoms with E-state index in [1.165, 1.54) is 18.3 Å². The third-order valence-electron chi connectivity index (χ3n) is 2.67. The number of alkyl halides is 3. The van der Waals surface area contributed by atoms with Gasteiger partial charge in [-0.25, -0.2) is 0 Å². The van der Waals surface area contributed by atoms with Crippen molar-refractivity contribution in [2.24, 2.45) is 10.2 Å². The fraction of sp³-hybridized carbons (Fsp3) is 0.231. The first-order valence-electron chi connectivity index (χ1n) is 6.49. The molecular weight excluding hydrogens is 431 g/mol. The third-order valence-corrected chi connectivity index (χ3v) is 4.40. The van der Waals surface area contributed by atoms with E-state index in [9.17, 15) is 22.8 Å². The van der Waals surface area contributed by atoms with Crippen LogP contribution in [0.4, 0.5) is 13.2 Å². The first kappa shape index (κ1) is 19.2. The Labute approximate surface area is 151 Å². The van der Waals surface area contributed by atoms with Crippen molar-refractivity contribution in [3.05, 3.63) is 28.2 Å². The molecule has 1 saturated heterocycles. The Bertz CT molecular complexity index is 755. The first-order chi connectivity index (χ1) is 11.6. The zero-order valence-corrected chi connectivity index (χ0v) is 14.5. The zero-order chi connectivity index (χ0) is 18.6. The normalized spacial score (nSPS) is 19.4. The molecule has 2 N–H and O–H groups in total. The Morgan fingerprint density at radius 2 is 2.20 bits per heavy atom. The van der Waals surface area contributed by atoms with Gasteiger partial charge < -0.3 is 15.2 Å². The van der Waals surface area contributed by atoms with Crippen molar-refractivity contribution < 1.29 is 32.6 Å². The number of benzene rings is 1. The van der Waals surface area contributed by atoms with E-state index in [-0.39, 0.29) is 21.6 Å². The lowest BCUT2D eigenvalue weighted by atomic mass is 10.2. The van der Waals surface area contributed by atoms with Crippen LogP contribution in [-0.2, 0) is 9.59 Å². The number of aliphatic carboxylic acids is 1. The summed E-state index contributed by atoms with van der Waals surface area (Å²) < 4.78 is 40.8. The third kappa shape index (κ3) is 6.05. The number of halogens is 4. The molecule has 0 spiro atoms. The number of nitrogens with one attached hydrogen (secondary N) is 1. The molecule has 1 heterocycles. The number of carbonyl (C=O) groups excluding carboxylic acids is 1. The molecule has 0 aromatic heterocycles. The van der Waals surface area contributed by atoms with E-state index in [1.807, 2.05) is 0 Å². The van der Waals surface area contributed by atoms with Crippen LogP contribution in [0.25, 0.3) is 0 Å². The Balaban J connectivity index is 2.06. The second kappa shape index (κ2) is 7.87. The smallest absolute Gasteiger partial charge is 0.481 e. The number of ether oxygens (including phenoxy) is 1. The van der Waals surface area contributed by atoms with E-state index in [1.54, 1.807) is 0 Å². The van der Waals surface area contributed by atoms with Gasteiger partial charge in [-0.05, 0) is 33.6 Å². The molecule has 25 heavy (non-hydrogen) atoms. The summed E-state index contributed by atoms with van der Waals surface area (Å²) >= 11 is 3.85. The quantitative estimate of drug-likeness (QED) is 0.542. The van der Waals surface area contributed by atoms with Crippen LogP contribution in [0.15, 0.2) is 32.9 Å². The minimum absolute atomic E-state index is 0.108. The van der Waals surface area contributed by atoms with Crippen LogP contribution in [0.1, 0.15) is 12.0 Å². The summed E-state index contributed by atoms with van der Waals surface area (Å²) in [5, 5.41) is 17.7. The molecule has 0 bridgehead atoms. The lowest BCUT2D eigenvalue weighted by molar-refractivity contribution is -0.274. The summed E-state index contributed by atoms with van der Waals surface area (Å²) in [6.07, 6.45) is -4.02. The van der Waals surface area contributed by atoms with Gasteiger partial charge in [-0.15, -0.1) is 18.3 Å². The van der Waals surface area contributed by atoms with Crippen LogP contribution < -0.4 is 10.1 Å². The summed E-state index contributed by atoms with van der Waals surface area (Å²) in [5.74, 6) is -2.05. The molecule has 0 saturated carbocycles. The number of amides is 1. The summed E-state index contributed by atoms with van der Waals surface area (Å²) in [7, 11) is 0. The summed E-state index contributed by atoms with van der Waals surface area (Å²) in [5.41, 5.74) is 0.281. The van der Waals surface area contributed by atoms with Crippen molar-refractivity contribution in [2.45, 2.75) is 18.0 Å². The van der Waals surface area contributed by atoms with Crippen LogP contribution in [0.5, 0.6) is 5.75 Å². The van der Waals surface area contributed by atoms with Gasteiger partial charge in [0, 0.05) is 0 Å². The van der Waals surface area contributed by atoms with Crippen molar-refractivity contribution in [3.8, 4) is 5.75 Å². The highest BCUT2D eigenvalue weighted by Crippen LogP contribution is 2.31. The maximum absolute atomic E-state index is 12.3. The fourth-order valence-corrected chi connectivity index (χ4v) is 2.94. The standard InChI is InChI=1S/C13H9BrF3N3O4S/c14-7-2-1-6(3-8(7)24-13(15,16)17)5-18-20-12-19-11(23)9(25-12)4-10(21)22/h1-3,5,9H,4H2,(H,21,22)(H,19,20,23). The van der Waals surface area contributed by atoms with Gasteiger partial charge in [-0.1, -0.05) is 17.8 Å². The lowest BCUT2D eigenvalue weighted by Gasteiger charge is -2.10. The van der Waals surface area contributed by atoms with Gasteiger partial charge >= 0.3 is 12.3 Å². The Kier molecular flexibility index (Phi) is 6.06. The molecule has 1 aromatic carbocycles. The van der Waals surface area contributed by atoms with Crippen LogP contribution >= 0.6 is 27.7 Å². The minimum atomic E-state index is -4.83. The fourth-order valence-electron chi connectivity index (χ4n) is 1.70. The summed E-state index contributed by atoms with van der Waals surface area (Å²) in [4.78, 5) is 22.1. The highest BCUT2D eigenvalue weighted by Gasteiger charge is 2.32. The zero-order valence-electron chi connectivity index (χ0n) is 12.1. The van der Waals surface area contributed by atoms with Gasteiger partial charge in [0.15, 0.2) is 5.17 Å². The number of hydrogen-bond acceptors (Lipinski definition) is 6. The Hall–Kier alpha value is -2.08. The number of hydrogen-bond donors (Lipinski definition) is 2. The van der Waals surface area contributed by atoms with Crippen molar-refractivity contribution in [1.82, 2.24) is 5.32 Å². The van der Waals surface area contributed by atoms with Gasteiger partial charge in [0.1, 0.15) is 11.0 Å². The monoisotopic (exact) mass is 439 g/mol. The molecule has 134 valence electrons. The second-order valence-corrected chi connectivity index (χ2v) is 6.63. The molecule has 1 aliphatic heterocycles. The van der Waals surface area contributed by atoms with E-state index in [0.717, 1.165) is 17.8 Å². The number of carboxylic acid groups (broad SMARTS) is 1. The molecule has 1 amide bonds. The predicted octanol–water partition coefficient (Wildman–Crippen LogP) is 2.74. The average molecular weight is 440 g/mol. The summed E-state index contributed by atoms with van der Waals surface area (Å²) in [6, 6.07) is 3.93. The number of amidine groups is 1. The first-order valence-corrected chi connectivity index (χ1v) is 8.17. The highest BCUT2D eigenvalue weighted by atomic mass is 79.9. The van der Waals surface area contributed by atoms with Crippen molar-refractivity contribution in [1.29, 1.82) is 0 Å². The van der Waals surface area contributed by atoms with Gasteiger partial charge in [-0.2, -0.15) is 5.10 Å². The van der Waals surface area contributed by atoms with Gasteiger partial charge in [0.25, 0.3) is 0 Å². The van der Waals surface area contributed by atoms with Crippen molar-refractivity contribution >= 4 is 51.0 Å². The van der Waals surface area contributed by atoms with Crippen molar-refractivity contribution in [3.63, 3.8) is 0 Å². The van der Waals surface area contributed by atoms with Gasteiger partial charge in [-0.3, -0.25) is 9.59 Å². The molecule has 12 heteroatoms. The van der Waals surface area contributed by atoms with Gasteiger partial charge in [0.2, 0.25) is 5.91 Å². The van der Waals surface area contributed by atoms with Crippen LogP contribution in [0.2, 0.25) is 0 Å². The second-order valence-electron chi connectivity index (χ2n) is 4.58. The maximum atomic E-state index is 12.3. The number of nitrogens with zero attached hydrogens (tertiary/aromatic N) is 2. The summed E-state index contributed by atoms with van der Waals surface area (Å²) in [6.45, 7) is 0. The van der Waals surface area contributed by atoms with E-state index in [0.29, 0.717) is 0 Å². The minimum Gasteiger partial charge on any atom is -0.481 e. The van der Waals surface area contributed by atoms with E-state index >= 15 is 0 Å². The molecule has 0 radical (unpaired) electrons. The molecule has 2 rings (SSSR count). The molecule has 1 aromatic rings. The Morgan fingerprint density at radius 3 is 2.84 bits per heavy atom. The van der Waals surface area contributed by atoms with Gasteiger partial charge in [0.05, 0.1) is 17.1 Å². The lowest BCUT2D eigenvalue weighted by Crippen LogP contribution is -2.26. The van der Waals surface area contributed by atoms with Crippen LogP contribution in [-0.4, -0.2) is 40.0 Å². The number of thioether (sulfide) groups is 1. The molecule has 1 unspecified atom stereocenters. The van der Waals surface area contributed by atoms with E-state index in [2.05, 4.69) is 36.2 Å². The predicted molar refractivity (Wildman–Crippen MR) is 87.6 cm³/mol. The average Bonchev–Trinajstić information content (AvgIpc) is 2.80. The van der Waals surface area contributed by atoms with Crippen LogP contribution in [0, 0.1) is 0 Å². The molecule has 7 nitrogen and oxygen atoms in total. The van der Waals surface area contributed by atoms with E-state index in [4.69, 9.17) is 5.11 Å². The topological polar surface area (TPSA) is 100 Å². The van der Waals surface area contributed by atoms with Crippen molar-refractivity contribution in [2.75, 3.05) is 0 Å². The highest BCUT2D eigenvalue weighted by molar-refractivity contribution is 9.10. The Morgan fingerprint density at radius 1 is 1.48 bits per heavy atom. The number of carboxylic acids is 1. The van der Waals surface area contributed by atoms with E-state index < -0.39 is 29.2 Å². The maximum Gasteiger partial charge on any atom is 0.573 e. The largest absolute Gasteiger partial charge is 0.573 e. The molecule has 1 aliphatic rings. The van der Waals surface area contributed by atoms with Crippen LogP contribution in [0.3, 0.4) is 0 Å². The number of carbonyl (C=O) groups is 2. The number of rotatable bonds is 5.